The number of hydrogen-bond acceptors (Lipinski definition) is 6. The number of cyclic esters (lactones) is 2. The van der Waals surface area contributed by atoms with E-state index in [9.17, 15) is 14.7 Å². The standard InChI is InChI=1S/C17H20O6/c1-16(2,3)17(4)22-14(19)11(15(20)23-17)9-10-7-6-8-12(21-5)13(10)18/h6-9,18H,1-5H3. The molecule has 0 aliphatic carbocycles. The summed E-state index contributed by atoms with van der Waals surface area (Å²) in [5.74, 6) is -2.87. The van der Waals surface area contributed by atoms with Crippen LogP contribution in [-0.2, 0) is 19.1 Å². The molecule has 124 valence electrons. The van der Waals surface area contributed by atoms with Crippen LogP contribution in [0.15, 0.2) is 23.8 Å². The van der Waals surface area contributed by atoms with Crippen molar-refractivity contribution in [1.29, 1.82) is 0 Å². The highest BCUT2D eigenvalue weighted by Crippen LogP contribution is 2.39. The number of benzene rings is 1. The van der Waals surface area contributed by atoms with E-state index in [0.717, 1.165) is 0 Å². The average molecular weight is 320 g/mol. The number of esters is 2. The van der Waals surface area contributed by atoms with Gasteiger partial charge in [0.15, 0.2) is 11.5 Å². The fourth-order valence-corrected chi connectivity index (χ4v) is 1.97. The molecule has 1 fully saturated rings. The largest absolute Gasteiger partial charge is 0.504 e. The minimum atomic E-state index is -1.35. The van der Waals surface area contributed by atoms with Gasteiger partial charge in [-0.1, -0.05) is 32.9 Å². The number of para-hydroxylation sites is 1. The van der Waals surface area contributed by atoms with Crippen molar-refractivity contribution in [2.75, 3.05) is 7.11 Å². The predicted octanol–water partition coefficient (Wildman–Crippen LogP) is 2.65. The SMILES string of the molecule is COc1cccc(C=C2C(=O)OC(C)(C(C)(C)C)OC2=O)c1O. The number of rotatable bonds is 2. The van der Waals surface area contributed by atoms with Crippen LogP contribution in [0.4, 0.5) is 0 Å². The molecule has 1 aliphatic rings. The molecule has 0 saturated carbocycles. The second kappa shape index (κ2) is 5.61. The van der Waals surface area contributed by atoms with Crippen LogP contribution in [0.5, 0.6) is 11.5 Å². The van der Waals surface area contributed by atoms with Crippen LogP contribution in [0.3, 0.4) is 0 Å². The van der Waals surface area contributed by atoms with Crippen molar-refractivity contribution in [3.63, 3.8) is 0 Å². The highest BCUT2D eigenvalue weighted by molar-refractivity contribution is 6.19. The van der Waals surface area contributed by atoms with Gasteiger partial charge in [-0.05, 0) is 12.1 Å². The Balaban J connectivity index is 2.40. The Kier molecular flexibility index (Phi) is 4.11. The molecule has 0 amide bonds. The second-order valence-corrected chi connectivity index (χ2v) is 6.43. The van der Waals surface area contributed by atoms with Gasteiger partial charge in [-0.3, -0.25) is 0 Å². The third-order valence-electron chi connectivity index (χ3n) is 3.93. The van der Waals surface area contributed by atoms with Crippen molar-refractivity contribution in [3.8, 4) is 11.5 Å². The quantitative estimate of drug-likeness (QED) is 0.512. The number of methoxy groups -OCH3 is 1. The van der Waals surface area contributed by atoms with Crippen molar-refractivity contribution < 1.29 is 28.9 Å². The van der Waals surface area contributed by atoms with Crippen molar-refractivity contribution in [3.05, 3.63) is 29.3 Å². The first-order chi connectivity index (χ1) is 10.6. The molecule has 0 atom stereocenters. The van der Waals surface area contributed by atoms with Crippen LogP contribution in [0, 0.1) is 5.41 Å². The zero-order chi connectivity index (χ0) is 17.4. The van der Waals surface area contributed by atoms with Crippen LogP contribution < -0.4 is 4.74 Å². The molecule has 1 N–H and O–H groups in total. The molecule has 1 aliphatic heterocycles. The number of phenols is 1. The number of ether oxygens (including phenoxy) is 3. The molecule has 1 heterocycles. The molecule has 23 heavy (non-hydrogen) atoms. The van der Waals surface area contributed by atoms with Gasteiger partial charge in [0, 0.05) is 17.9 Å². The Morgan fingerprint density at radius 1 is 1.17 bits per heavy atom. The molecule has 0 spiro atoms. The lowest BCUT2D eigenvalue weighted by atomic mass is 9.85. The van der Waals surface area contributed by atoms with Gasteiger partial charge in [-0.15, -0.1) is 0 Å². The summed E-state index contributed by atoms with van der Waals surface area (Å²) in [7, 11) is 1.41. The molecule has 0 radical (unpaired) electrons. The summed E-state index contributed by atoms with van der Waals surface area (Å²) in [6.07, 6.45) is 1.23. The summed E-state index contributed by atoms with van der Waals surface area (Å²) in [5, 5.41) is 10.1. The average Bonchev–Trinajstić information content (AvgIpc) is 2.43. The Bertz CT molecular complexity index is 661. The van der Waals surface area contributed by atoms with Gasteiger partial charge in [0.25, 0.3) is 5.79 Å². The first kappa shape index (κ1) is 16.9. The monoisotopic (exact) mass is 320 g/mol. The number of phenolic OH excluding ortho intramolecular Hbond substituents is 1. The van der Waals surface area contributed by atoms with Crippen LogP contribution in [0.25, 0.3) is 6.08 Å². The van der Waals surface area contributed by atoms with Crippen molar-refractivity contribution in [1.82, 2.24) is 0 Å². The van der Waals surface area contributed by atoms with Gasteiger partial charge < -0.3 is 19.3 Å². The van der Waals surface area contributed by atoms with E-state index < -0.39 is 23.1 Å². The van der Waals surface area contributed by atoms with E-state index in [1.807, 2.05) is 0 Å². The molecule has 6 nitrogen and oxygen atoms in total. The van der Waals surface area contributed by atoms with Crippen molar-refractivity contribution in [2.24, 2.45) is 5.41 Å². The predicted molar refractivity (Wildman–Crippen MR) is 82.7 cm³/mol. The van der Waals surface area contributed by atoms with Gasteiger partial charge in [-0.2, -0.15) is 0 Å². The zero-order valence-corrected chi connectivity index (χ0v) is 13.8. The van der Waals surface area contributed by atoms with Crippen LogP contribution in [-0.4, -0.2) is 29.9 Å². The molecular weight excluding hydrogens is 300 g/mol. The minimum absolute atomic E-state index is 0.174. The topological polar surface area (TPSA) is 82.1 Å². The van der Waals surface area contributed by atoms with Gasteiger partial charge in [0.1, 0.15) is 5.57 Å². The summed E-state index contributed by atoms with van der Waals surface area (Å²) in [5.41, 5.74) is -0.606. The maximum absolute atomic E-state index is 12.2. The third-order valence-corrected chi connectivity index (χ3v) is 3.93. The lowest BCUT2D eigenvalue weighted by Gasteiger charge is -2.42. The van der Waals surface area contributed by atoms with Gasteiger partial charge in [0.05, 0.1) is 7.11 Å². The van der Waals surface area contributed by atoms with Crippen molar-refractivity contribution >= 4 is 18.0 Å². The first-order valence-corrected chi connectivity index (χ1v) is 7.13. The first-order valence-electron chi connectivity index (χ1n) is 7.13. The number of aromatic hydroxyl groups is 1. The molecular formula is C17H20O6. The number of carbonyl (C=O) groups is 2. The number of hydrogen-bond donors (Lipinski definition) is 1. The van der Waals surface area contributed by atoms with E-state index in [4.69, 9.17) is 14.2 Å². The van der Waals surface area contributed by atoms with Crippen LogP contribution >= 0.6 is 0 Å². The van der Waals surface area contributed by atoms with E-state index >= 15 is 0 Å². The van der Waals surface area contributed by atoms with Gasteiger partial charge in [-0.25, -0.2) is 9.59 Å². The van der Waals surface area contributed by atoms with Crippen LogP contribution in [0.2, 0.25) is 0 Å². The molecule has 0 aromatic heterocycles. The van der Waals surface area contributed by atoms with E-state index in [0.29, 0.717) is 0 Å². The van der Waals surface area contributed by atoms with Crippen molar-refractivity contribution in [2.45, 2.75) is 33.5 Å². The third kappa shape index (κ3) is 3.02. The van der Waals surface area contributed by atoms with E-state index in [1.54, 1.807) is 45.9 Å². The molecule has 1 aromatic rings. The molecule has 0 bridgehead atoms. The second-order valence-electron chi connectivity index (χ2n) is 6.43. The zero-order valence-electron chi connectivity index (χ0n) is 13.8. The summed E-state index contributed by atoms with van der Waals surface area (Å²) in [6.45, 7) is 6.95. The smallest absolute Gasteiger partial charge is 0.348 e. The Hall–Kier alpha value is -2.50. The summed E-state index contributed by atoms with van der Waals surface area (Å²) >= 11 is 0. The normalized spacial score (nSPS) is 21.5. The molecule has 1 aromatic carbocycles. The molecule has 1 saturated heterocycles. The Labute approximate surface area is 134 Å². The molecule has 2 rings (SSSR count). The maximum Gasteiger partial charge on any atom is 0.348 e. The molecule has 6 heteroatoms. The maximum atomic E-state index is 12.2. The lowest BCUT2D eigenvalue weighted by molar-refractivity contribution is -0.261. The number of carbonyl (C=O) groups excluding carboxylic acids is 2. The lowest BCUT2D eigenvalue weighted by Crippen LogP contribution is -2.52. The van der Waals surface area contributed by atoms with Crippen LogP contribution in [0.1, 0.15) is 33.3 Å². The Morgan fingerprint density at radius 2 is 1.74 bits per heavy atom. The Morgan fingerprint density at radius 3 is 2.22 bits per heavy atom. The van der Waals surface area contributed by atoms with E-state index in [1.165, 1.54) is 13.2 Å². The van der Waals surface area contributed by atoms with E-state index in [-0.39, 0.29) is 22.6 Å². The minimum Gasteiger partial charge on any atom is -0.504 e. The fourth-order valence-electron chi connectivity index (χ4n) is 1.97. The summed E-state index contributed by atoms with van der Waals surface area (Å²) in [6, 6.07) is 4.73. The summed E-state index contributed by atoms with van der Waals surface area (Å²) in [4.78, 5) is 24.5. The fraction of sp³-hybridized carbons (Fsp3) is 0.412. The highest BCUT2D eigenvalue weighted by Gasteiger charge is 2.50. The van der Waals surface area contributed by atoms with Gasteiger partial charge >= 0.3 is 11.9 Å². The van der Waals surface area contributed by atoms with Gasteiger partial charge in [0.2, 0.25) is 0 Å². The van der Waals surface area contributed by atoms with E-state index in [2.05, 4.69) is 0 Å². The highest BCUT2D eigenvalue weighted by atomic mass is 16.7. The summed E-state index contributed by atoms with van der Waals surface area (Å²) < 4.78 is 15.6. The molecule has 0 unspecified atom stereocenters.